The van der Waals surface area contributed by atoms with E-state index in [0.29, 0.717) is 12.2 Å². The summed E-state index contributed by atoms with van der Waals surface area (Å²) >= 11 is 0. The number of hydrogen-bond donors (Lipinski definition) is 2. The number of nitrogens with one attached hydrogen (secondary N) is 1. The van der Waals surface area contributed by atoms with E-state index < -0.39 is 0 Å². The number of nitrogen functional groups attached to an aromatic ring is 1. The first-order chi connectivity index (χ1) is 6.77. The van der Waals surface area contributed by atoms with E-state index in [0.717, 1.165) is 17.7 Å². The third kappa shape index (κ3) is 1.56. The Hall–Kier alpha value is -1.91. The number of rotatable bonds is 2. The predicted molar refractivity (Wildman–Crippen MR) is 52.4 cm³/mol. The van der Waals surface area contributed by atoms with E-state index in [4.69, 9.17) is 16.0 Å². The second-order valence-electron chi connectivity index (χ2n) is 3.00. The van der Waals surface area contributed by atoms with Gasteiger partial charge in [0.25, 0.3) is 0 Å². The van der Waals surface area contributed by atoms with Crippen LogP contribution in [0.5, 0.6) is 0 Å². The van der Waals surface area contributed by atoms with Crippen molar-refractivity contribution in [3.05, 3.63) is 29.6 Å². The predicted octanol–water partition coefficient (Wildman–Crippen LogP) is 0.490. The van der Waals surface area contributed by atoms with Crippen LogP contribution >= 0.6 is 0 Å². The number of nitrogens with two attached hydrogens (primary N) is 1. The molecule has 0 aromatic carbocycles. The number of aromatic nitrogens is 1. The monoisotopic (exact) mass is 190 g/mol. The van der Waals surface area contributed by atoms with Gasteiger partial charge in [0.05, 0.1) is 5.71 Å². The summed E-state index contributed by atoms with van der Waals surface area (Å²) in [7, 11) is 0. The summed E-state index contributed by atoms with van der Waals surface area (Å²) in [5.41, 5.74) is 7.69. The fraction of sp³-hybridized carbons (Fsp3) is 0.222. The highest BCUT2D eigenvalue weighted by Crippen LogP contribution is 2.11. The highest BCUT2D eigenvalue weighted by atomic mass is 16.6. The molecule has 72 valence electrons. The second kappa shape index (κ2) is 3.45. The van der Waals surface area contributed by atoms with Crippen molar-refractivity contribution in [2.24, 2.45) is 10.9 Å². The van der Waals surface area contributed by atoms with E-state index in [1.165, 1.54) is 0 Å². The highest BCUT2D eigenvalue weighted by molar-refractivity contribution is 6.03. The Kier molecular flexibility index (Phi) is 2.14. The van der Waals surface area contributed by atoms with Crippen LogP contribution in [0.2, 0.25) is 0 Å². The van der Waals surface area contributed by atoms with E-state index in [-0.39, 0.29) is 5.84 Å². The van der Waals surface area contributed by atoms with Crippen molar-refractivity contribution < 1.29 is 4.84 Å². The van der Waals surface area contributed by atoms with E-state index in [9.17, 15) is 0 Å². The molecule has 5 heteroatoms. The zero-order valence-corrected chi connectivity index (χ0v) is 7.53. The average molecular weight is 190 g/mol. The molecule has 1 aromatic heterocycles. The topological polar surface area (TPSA) is 84.4 Å². The summed E-state index contributed by atoms with van der Waals surface area (Å²) in [5, 5.41) is 11.1. The molecule has 0 aliphatic carbocycles. The van der Waals surface area contributed by atoms with Crippen LogP contribution in [0.1, 0.15) is 17.5 Å². The minimum Gasteiger partial charge on any atom is -0.395 e. The fourth-order valence-electron chi connectivity index (χ4n) is 1.25. The van der Waals surface area contributed by atoms with Crippen LogP contribution in [-0.4, -0.2) is 23.1 Å². The van der Waals surface area contributed by atoms with Crippen molar-refractivity contribution in [3.63, 3.8) is 0 Å². The lowest BCUT2D eigenvalue weighted by Gasteiger charge is -2.00. The van der Waals surface area contributed by atoms with Crippen LogP contribution in [0.4, 0.5) is 0 Å². The molecule has 0 radical (unpaired) electrons. The molecule has 3 N–H and O–H groups in total. The van der Waals surface area contributed by atoms with Crippen LogP contribution in [0.3, 0.4) is 0 Å². The van der Waals surface area contributed by atoms with E-state index in [1.807, 2.05) is 0 Å². The van der Waals surface area contributed by atoms with Crippen LogP contribution in [0.15, 0.2) is 23.6 Å². The molecule has 0 saturated carbocycles. The molecule has 1 aliphatic rings. The van der Waals surface area contributed by atoms with Crippen LogP contribution in [0, 0.1) is 5.41 Å². The molecule has 0 fully saturated rings. The van der Waals surface area contributed by atoms with Gasteiger partial charge >= 0.3 is 0 Å². The van der Waals surface area contributed by atoms with Gasteiger partial charge in [-0.2, -0.15) is 0 Å². The summed E-state index contributed by atoms with van der Waals surface area (Å²) in [6.07, 6.45) is 4.03. The first-order valence-electron chi connectivity index (χ1n) is 4.26. The summed E-state index contributed by atoms with van der Waals surface area (Å²) in [4.78, 5) is 8.88. The molecule has 0 atom stereocenters. The minimum atomic E-state index is 0.0128. The standard InChI is InChI=1S/C9H10N4O/c10-9(11)7-3-6(4-12-5-7)8-1-2-14-13-8/h3-5H,1-2H2,(H3,10,11). The molecule has 14 heavy (non-hydrogen) atoms. The van der Waals surface area contributed by atoms with Gasteiger partial charge in [-0.1, -0.05) is 5.16 Å². The summed E-state index contributed by atoms with van der Waals surface area (Å²) in [6, 6.07) is 1.79. The maximum atomic E-state index is 7.27. The molecule has 2 heterocycles. The molecular formula is C9H10N4O. The second-order valence-corrected chi connectivity index (χ2v) is 3.00. The van der Waals surface area contributed by atoms with Gasteiger partial charge in [-0.05, 0) is 6.07 Å². The smallest absolute Gasteiger partial charge is 0.124 e. The maximum absolute atomic E-state index is 7.27. The normalized spacial score (nSPS) is 14.7. The van der Waals surface area contributed by atoms with Crippen molar-refractivity contribution in [1.29, 1.82) is 5.41 Å². The Morgan fingerprint density at radius 2 is 2.36 bits per heavy atom. The van der Waals surface area contributed by atoms with Gasteiger partial charge in [0, 0.05) is 29.9 Å². The molecule has 2 rings (SSSR count). The Morgan fingerprint density at radius 3 is 3.00 bits per heavy atom. The third-order valence-electron chi connectivity index (χ3n) is 1.99. The van der Waals surface area contributed by atoms with Gasteiger partial charge in [0.2, 0.25) is 0 Å². The quantitative estimate of drug-likeness (QED) is 0.525. The first kappa shape index (κ1) is 8.68. The molecule has 0 amide bonds. The van der Waals surface area contributed by atoms with E-state index in [2.05, 4.69) is 10.1 Å². The zero-order chi connectivity index (χ0) is 9.97. The average Bonchev–Trinajstić information content (AvgIpc) is 2.71. The summed E-state index contributed by atoms with van der Waals surface area (Å²) in [5.74, 6) is 0.0128. The van der Waals surface area contributed by atoms with Crippen LogP contribution < -0.4 is 5.73 Å². The summed E-state index contributed by atoms with van der Waals surface area (Å²) in [6.45, 7) is 0.611. The fourth-order valence-corrected chi connectivity index (χ4v) is 1.25. The SMILES string of the molecule is N=C(N)c1cncc(C2=NOCC2)c1. The lowest BCUT2D eigenvalue weighted by atomic mass is 10.1. The molecule has 1 aromatic rings. The highest BCUT2D eigenvalue weighted by Gasteiger charge is 2.11. The van der Waals surface area contributed by atoms with Gasteiger partial charge in [-0.3, -0.25) is 10.4 Å². The van der Waals surface area contributed by atoms with Gasteiger partial charge in [0.15, 0.2) is 0 Å². The van der Waals surface area contributed by atoms with Gasteiger partial charge < -0.3 is 10.6 Å². The lowest BCUT2D eigenvalue weighted by molar-refractivity contribution is 0.174. The largest absolute Gasteiger partial charge is 0.395 e. The molecule has 0 bridgehead atoms. The molecular weight excluding hydrogens is 180 g/mol. The van der Waals surface area contributed by atoms with Crippen molar-refractivity contribution in [2.75, 3.05) is 6.61 Å². The Bertz CT molecular complexity index is 400. The Morgan fingerprint density at radius 1 is 1.50 bits per heavy atom. The minimum absolute atomic E-state index is 0.0128. The zero-order valence-electron chi connectivity index (χ0n) is 7.53. The molecule has 0 spiro atoms. The number of hydrogen-bond acceptors (Lipinski definition) is 4. The summed E-state index contributed by atoms with van der Waals surface area (Å²) < 4.78 is 0. The van der Waals surface area contributed by atoms with E-state index >= 15 is 0 Å². The van der Waals surface area contributed by atoms with Crippen molar-refractivity contribution >= 4 is 11.5 Å². The molecule has 0 unspecified atom stereocenters. The number of nitrogens with zero attached hydrogens (tertiary/aromatic N) is 2. The van der Waals surface area contributed by atoms with Gasteiger partial charge in [-0.15, -0.1) is 0 Å². The molecule has 5 nitrogen and oxygen atoms in total. The van der Waals surface area contributed by atoms with Crippen LogP contribution in [0.25, 0.3) is 0 Å². The van der Waals surface area contributed by atoms with Gasteiger partial charge in [0.1, 0.15) is 12.4 Å². The number of pyridine rings is 1. The Balaban J connectivity index is 2.34. The van der Waals surface area contributed by atoms with Crippen molar-refractivity contribution in [1.82, 2.24) is 4.98 Å². The molecule has 1 aliphatic heterocycles. The molecule has 0 saturated heterocycles. The van der Waals surface area contributed by atoms with Crippen LogP contribution in [-0.2, 0) is 4.84 Å². The Labute approximate surface area is 81.1 Å². The van der Waals surface area contributed by atoms with E-state index in [1.54, 1.807) is 18.5 Å². The third-order valence-corrected chi connectivity index (χ3v) is 1.99. The van der Waals surface area contributed by atoms with Crippen molar-refractivity contribution in [2.45, 2.75) is 6.42 Å². The van der Waals surface area contributed by atoms with Gasteiger partial charge in [-0.25, -0.2) is 0 Å². The lowest BCUT2D eigenvalue weighted by Crippen LogP contribution is -2.12. The number of amidine groups is 1. The number of oxime groups is 1. The first-order valence-corrected chi connectivity index (χ1v) is 4.26. The van der Waals surface area contributed by atoms with Crippen molar-refractivity contribution in [3.8, 4) is 0 Å². The maximum Gasteiger partial charge on any atom is 0.124 e.